The van der Waals surface area contributed by atoms with Gasteiger partial charge in [0.05, 0.1) is 5.60 Å². The number of halogens is 1. The van der Waals surface area contributed by atoms with E-state index in [-0.39, 0.29) is 0 Å². The average molecular weight is 417 g/mol. The van der Waals surface area contributed by atoms with Crippen molar-refractivity contribution in [3.8, 4) is 0 Å². The molecule has 1 heterocycles. The van der Waals surface area contributed by atoms with Crippen LogP contribution in [0.25, 0.3) is 0 Å². The maximum Gasteiger partial charge on any atom is 0.0925 e. The smallest absolute Gasteiger partial charge is 0.0925 e. The highest BCUT2D eigenvalue weighted by atomic mass is 35.5. The number of hydrogen-bond acceptors (Lipinski definition) is 3. The van der Waals surface area contributed by atoms with Crippen LogP contribution in [0.5, 0.6) is 0 Å². The molecule has 1 saturated carbocycles. The number of allylic oxidation sites excluding steroid dienone is 2. The molecule has 29 heavy (non-hydrogen) atoms. The van der Waals surface area contributed by atoms with Crippen LogP contribution in [-0.4, -0.2) is 42.2 Å². The minimum Gasteiger partial charge on any atom is -0.385 e. The molecule has 0 aromatic heterocycles. The van der Waals surface area contributed by atoms with Gasteiger partial charge in [0.1, 0.15) is 0 Å². The molecule has 1 aliphatic heterocycles. The summed E-state index contributed by atoms with van der Waals surface area (Å²) in [5, 5.41) is 16.1. The van der Waals surface area contributed by atoms with Crippen LogP contribution in [0.2, 0.25) is 5.02 Å². The molecule has 160 valence electrons. The second-order valence-corrected chi connectivity index (χ2v) is 9.88. The first-order valence-corrected chi connectivity index (χ1v) is 12.1. The fourth-order valence-corrected chi connectivity index (χ4v) is 6.09. The molecule has 3 nitrogen and oxygen atoms in total. The first kappa shape index (κ1) is 21.4. The van der Waals surface area contributed by atoms with Crippen molar-refractivity contribution >= 4 is 11.6 Å². The molecule has 1 aromatic carbocycles. The molecule has 4 atom stereocenters. The van der Waals surface area contributed by atoms with Gasteiger partial charge in [0.15, 0.2) is 0 Å². The van der Waals surface area contributed by atoms with Gasteiger partial charge in [-0.3, -0.25) is 4.90 Å². The van der Waals surface area contributed by atoms with Crippen molar-refractivity contribution in [2.45, 2.75) is 69.4 Å². The first-order chi connectivity index (χ1) is 14.1. The lowest BCUT2D eigenvalue weighted by molar-refractivity contribution is -0.0681. The Balaban J connectivity index is 1.54. The normalized spacial score (nSPS) is 32.2. The summed E-state index contributed by atoms with van der Waals surface area (Å²) >= 11 is 6.30. The minimum absolute atomic E-state index is 0.314. The van der Waals surface area contributed by atoms with Crippen LogP contribution in [-0.2, 0) is 5.60 Å². The highest BCUT2D eigenvalue weighted by molar-refractivity contribution is 6.30. The summed E-state index contributed by atoms with van der Waals surface area (Å²) in [7, 11) is 0. The molecular weight excluding hydrogens is 380 g/mol. The SMILES string of the molecule is OC1(c2cccc(Cl)c2)CCCCC1CC(CC1CC=CCC1)N1CCNCC1. The largest absolute Gasteiger partial charge is 0.385 e. The Bertz CT molecular complexity index is 687. The van der Waals surface area contributed by atoms with Gasteiger partial charge in [-0.05, 0) is 74.5 Å². The van der Waals surface area contributed by atoms with E-state index in [1.54, 1.807) is 0 Å². The number of piperazine rings is 1. The molecule has 4 heteroatoms. The van der Waals surface area contributed by atoms with Gasteiger partial charge in [0.2, 0.25) is 0 Å². The molecule has 0 bridgehead atoms. The second-order valence-electron chi connectivity index (χ2n) is 9.44. The quantitative estimate of drug-likeness (QED) is 0.631. The molecular formula is C25H37ClN2O. The van der Waals surface area contributed by atoms with E-state index in [2.05, 4.69) is 28.4 Å². The lowest BCUT2D eigenvalue weighted by Crippen LogP contribution is -2.51. The van der Waals surface area contributed by atoms with Crippen LogP contribution in [0.15, 0.2) is 36.4 Å². The second kappa shape index (κ2) is 9.96. The molecule has 4 rings (SSSR count). The Hall–Kier alpha value is -0.870. The van der Waals surface area contributed by atoms with Gasteiger partial charge < -0.3 is 10.4 Å². The predicted octanol–water partition coefficient (Wildman–Crippen LogP) is 5.13. The van der Waals surface area contributed by atoms with Gasteiger partial charge in [-0.1, -0.05) is 48.7 Å². The summed E-state index contributed by atoms with van der Waals surface area (Å²) in [6, 6.07) is 8.54. The van der Waals surface area contributed by atoms with Crippen molar-refractivity contribution in [3.05, 3.63) is 47.0 Å². The predicted molar refractivity (Wildman–Crippen MR) is 121 cm³/mol. The van der Waals surface area contributed by atoms with Gasteiger partial charge in [-0.2, -0.15) is 0 Å². The van der Waals surface area contributed by atoms with Crippen LogP contribution >= 0.6 is 11.6 Å². The van der Waals surface area contributed by atoms with Gasteiger partial charge in [-0.15, -0.1) is 0 Å². The van der Waals surface area contributed by atoms with Crippen LogP contribution in [0, 0.1) is 11.8 Å². The maximum absolute atomic E-state index is 11.9. The highest BCUT2D eigenvalue weighted by Crippen LogP contribution is 2.45. The molecule has 0 radical (unpaired) electrons. The zero-order valence-electron chi connectivity index (χ0n) is 17.7. The van der Waals surface area contributed by atoms with Gasteiger partial charge in [0, 0.05) is 37.2 Å². The van der Waals surface area contributed by atoms with Crippen molar-refractivity contribution in [2.75, 3.05) is 26.2 Å². The summed E-state index contributed by atoms with van der Waals surface area (Å²) in [6.07, 6.45) is 15.2. The molecule has 2 N–H and O–H groups in total. The number of hydrogen-bond donors (Lipinski definition) is 2. The molecule has 2 fully saturated rings. The van der Waals surface area contributed by atoms with Crippen molar-refractivity contribution in [1.29, 1.82) is 0 Å². The van der Waals surface area contributed by atoms with E-state index in [0.717, 1.165) is 68.4 Å². The van der Waals surface area contributed by atoms with E-state index < -0.39 is 5.60 Å². The summed E-state index contributed by atoms with van der Waals surface area (Å²) in [5.74, 6) is 1.11. The molecule has 1 saturated heterocycles. The fourth-order valence-electron chi connectivity index (χ4n) is 5.90. The lowest BCUT2D eigenvalue weighted by atomic mass is 9.68. The Morgan fingerprint density at radius 3 is 2.76 bits per heavy atom. The summed E-state index contributed by atoms with van der Waals surface area (Å²) < 4.78 is 0. The topological polar surface area (TPSA) is 35.5 Å². The minimum atomic E-state index is -0.734. The number of nitrogens with one attached hydrogen (secondary N) is 1. The zero-order valence-corrected chi connectivity index (χ0v) is 18.4. The van der Waals surface area contributed by atoms with Gasteiger partial charge >= 0.3 is 0 Å². The monoisotopic (exact) mass is 416 g/mol. The Labute approximate surface area is 181 Å². The summed E-state index contributed by atoms with van der Waals surface area (Å²) in [6.45, 7) is 4.44. The first-order valence-electron chi connectivity index (χ1n) is 11.7. The highest BCUT2D eigenvalue weighted by Gasteiger charge is 2.42. The van der Waals surface area contributed by atoms with Gasteiger partial charge in [-0.25, -0.2) is 0 Å². The van der Waals surface area contributed by atoms with Gasteiger partial charge in [0.25, 0.3) is 0 Å². The Morgan fingerprint density at radius 2 is 2.00 bits per heavy atom. The van der Waals surface area contributed by atoms with E-state index >= 15 is 0 Å². The fraction of sp³-hybridized carbons (Fsp3) is 0.680. The number of rotatable bonds is 6. The van der Waals surface area contributed by atoms with Crippen molar-refractivity contribution < 1.29 is 5.11 Å². The zero-order chi connectivity index (χ0) is 20.1. The van der Waals surface area contributed by atoms with Crippen LogP contribution in [0.4, 0.5) is 0 Å². The molecule has 2 aliphatic carbocycles. The van der Waals surface area contributed by atoms with Crippen molar-refractivity contribution in [1.82, 2.24) is 10.2 Å². The van der Waals surface area contributed by atoms with Crippen LogP contribution in [0.1, 0.15) is 63.4 Å². The maximum atomic E-state index is 11.9. The van der Waals surface area contributed by atoms with E-state index in [9.17, 15) is 5.11 Å². The molecule has 1 aromatic rings. The third kappa shape index (κ3) is 5.25. The number of aliphatic hydroxyl groups is 1. The number of benzene rings is 1. The molecule has 3 aliphatic rings. The van der Waals surface area contributed by atoms with Crippen LogP contribution in [0.3, 0.4) is 0 Å². The summed E-state index contributed by atoms with van der Waals surface area (Å²) in [5.41, 5.74) is 0.288. The Morgan fingerprint density at radius 1 is 1.14 bits per heavy atom. The molecule has 4 unspecified atom stereocenters. The Kier molecular flexibility index (Phi) is 7.34. The van der Waals surface area contributed by atoms with E-state index in [1.165, 1.54) is 32.1 Å². The third-order valence-electron chi connectivity index (χ3n) is 7.57. The van der Waals surface area contributed by atoms with Crippen LogP contribution < -0.4 is 5.32 Å². The third-order valence-corrected chi connectivity index (χ3v) is 7.80. The van der Waals surface area contributed by atoms with E-state index in [0.29, 0.717) is 12.0 Å². The standard InChI is InChI=1S/C25H37ClN2O/c26-23-11-6-10-21(18-23)25(29)12-5-4-9-22(25)19-24(28-15-13-27-14-16-28)17-20-7-2-1-3-8-20/h1-2,6,10-11,18,20,22,24,27,29H,3-5,7-9,12-17,19H2. The summed E-state index contributed by atoms with van der Waals surface area (Å²) in [4.78, 5) is 2.71. The van der Waals surface area contributed by atoms with Crippen molar-refractivity contribution in [2.24, 2.45) is 11.8 Å². The number of nitrogens with zero attached hydrogens (tertiary/aromatic N) is 1. The molecule has 0 spiro atoms. The molecule has 0 amide bonds. The lowest BCUT2D eigenvalue weighted by Gasteiger charge is -2.45. The van der Waals surface area contributed by atoms with Crippen molar-refractivity contribution in [3.63, 3.8) is 0 Å². The average Bonchev–Trinajstić information content (AvgIpc) is 2.76. The van der Waals surface area contributed by atoms with E-state index in [1.807, 2.05) is 18.2 Å². The van der Waals surface area contributed by atoms with E-state index in [4.69, 9.17) is 11.6 Å².